The Morgan fingerprint density at radius 2 is 1.61 bits per heavy atom. The average molecular weight is 658 g/mol. The van der Waals surface area contributed by atoms with Crippen molar-refractivity contribution in [2.24, 2.45) is 4.99 Å². The van der Waals surface area contributed by atoms with Crippen molar-refractivity contribution in [2.45, 2.75) is 0 Å². The number of nitrogen functional groups attached to an aromatic ring is 2. The van der Waals surface area contributed by atoms with Gasteiger partial charge in [-0.25, -0.2) is 32.4 Å². The second-order valence-electron chi connectivity index (χ2n) is 6.87. The fourth-order valence-corrected chi connectivity index (χ4v) is 3.51. The Labute approximate surface area is 225 Å². The molecule has 15 nitrogen and oxygen atoms in total. The Kier molecular flexibility index (Phi) is 7.88. The first kappa shape index (κ1) is 26.6. The van der Waals surface area contributed by atoms with Crippen LogP contribution in [-0.4, -0.2) is 41.4 Å². The van der Waals surface area contributed by atoms with E-state index in [4.69, 9.17) is 16.7 Å². The third-order valence-corrected chi connectivity index (χ3v) is 5.70. The van der Waals surface area contributed by atoms with Crippen LogP contribution in [0.4, 0.5) is 26.1 Å². The van der Waals surface area contributed by atoms with Gasteiger partial charge in [0, 0.05) is 0 Å². The number of nitrogens with zero attached hydrogens (tertiary/aromatic N) is 7. The lowest BCUT2D eigenvalue weighted by Gasteiger charge is -2.03. The summed E-state index contributed by atoms with van der Waals surface area (Å²) in [6.07, 6.45) is 0. The summed E-state index contributed by atoms with van der Waals surface area (Å²) in [5.74, 6) is -1.80. The first-order chi connectivity index (χ1) is 18.2. The van der Waals surface area contributed by atoms with Crippen molar-refractivity contribution in [3.8, 4) is 17.2 Å². The van der Waals surface area contributed by atoms with Crippen molar-refractivity contribution >= 4 is 55.0 Å². The molecule has 196 valence electrons. The van der Waals surface area contributed by atoms with Gasteiger partial charge in [0.15, 0.2) is 28.9 Å². The number of nitrogens with one attached hydrogen (secondary N) is 1. The molecule has 6 N–H and O–H groups in total. The minimum Gasteiger partial charge on any atom is -0.379 e. The summed E-state index contributed by atoms with van der Waals surface area (Å²) in [6, 6.07) is 8.03. The van der Waals surface area contributed by atoms with Crippen molar-refractivity contribution in [1.82, 2.24) is 35.8 Å². The summed E-state index contributed by atoms with van der Waals surface area (Å²) >= 11 is 6.05. The zero-order chi connectivity index (χ0) is 27.4. The zero-order valence-electron chi connectivity index (χ0n) is 18.3. The van der Waals surface area contributed by atoms with Crippen molar-refractivity contribution in [3.05, 3.63) is 73.2 Å². The molecule has 0 aliphatic carbocycles. The predicted molar refractivity (Wildman–Crippen MR) is 131 cm³/mol. The van der Waals surface area contributed by atoms with Gasteiger partial charge in [0.1, 0.15) is 11.6 Å². The molecule has 5 aromatic rings. The lowest BCUT2D eigenvalue weighted by atomic mass is 10.3. The number of nitrogens with two attached hydrogens (primary N) is 2. The summed E-state index contributed by atoms with van der Waals surface area (Å²) in [5.41, 5.74) is 13.6. The van der Waals surface area contributed by atoms with Crippen LogP contribution in [0, 0.1) is 11.6 Å². The lowest BCUT2D eigenvalue weighted by molar-refractivity contribution is 0.234. The fraction of sp³-hybridized carbons (Fsp3) is 0. The SMILES string of the molecule is Nc1nonc1-c1noc(=O)n1-c1ccc(F)c(Br)c1.Nc1nonc1C(=Nc1ccc(F)c(Br)c1)NO. The molecule has 19 heteroatoms. The molecule has 3 heterocycles. The number of rotatable bonds is 4. The van der Waals surface area contributed by atoms with Gasteiger partial charge >= 0.3 is 5.76 Å². The van der Waals surface area contributed by atoms with Gasteiger partial charge in [0.25, 0.3) is 0 Å². The highest BCUT2D eigenvalue weighted by Gasteiger charge is 2.21. The summed E-state index contributed by atoms with van der Waals surface area (Å²) in [4.78, 5) is 15.7. The number of hydroxylamine groups is 1. The first-order valence-electron chi connectivity index (χ1n) is 9.84. The van der Waals surface area contributed by atoms with Crippen LogP contribution in [0.25, 0.3) is 17.2 Å². The van der Waals surface area contributed by atoms with Gasteiger partial charge in [-0.1, -0.05) is 5.16 Å². The first-order valence-corrected chi connectivity index (χ1v) is 11.4. The van der Waals surface area contributed by atoms with E-state index in [0.29, 0.717) is 11.4 Å². The molecule has 3 aromatic heterocycles. The maximum atomic E-state index is 13.2. The van der Waals surface area contributed by atoms with Crippen molar-refractivity contribution < 1.29 is 27.8 Å². The van der Waals surface area contributed by atoms with Crippen molar-refractivity contribution in [1.29, 1.82) is 0 Å². The van der Waals surface area contributed by atoms with Gasteiger partial charge in [-0.15, -0.1) is 0 Å². The van der Waals surface area contributed by atoms with E-state index in [1.54, 1.807) is 0 Å². The molecular formula is C19H12Br2F2N10O5. The molecule has 0 fully saturated rings. The molecule has 0 unspecified atom stereocenters. The lowest BCUT2D eigenvalue weighted by Crippen LogP contribution is -2.21. The third kappa shape index (κ3) is 5.58. The molecule has 5 rings (SSSR count). The molecular weight excluding hydrogens is 646 g/mol. The number of halogens is 4. The van der Waals surface area contributed by atoms with Gasteiger partial charge in [0.2, 0.25) is 5.82 Å². The van der Waals surface area contributed by atoms with Crippen LogP contribution >= 0.6 is 31.9 Å². The van der Waals surface area contributed by atoms with E-state index in [9.17, 15) is 13.6 Å². The zero-order valence-corrected chi connectivity index (χ0v) is 21.5. The maximum absolute atomic E-state index is 13.2. The van der Waals surface area contributed by atoms with Gasteiger partial charge < -0.3 is 11.5 Å². The summed E-state index contributed by atoms with van der Waals surface area (Å²) < 4.78 is 41.2. The highest BCUT2D eigenvalue weighted by Crippen LogP contribution is 2.25. The number of aromatic nitrogens is 6. The van der Waals surface area contributed by atoms with Crippen LogP contribution in [-0.2, 0) is 0 Å². The molecule has 0 aliphatic rings. The van der Waals surface area contributed by atoms with Crippen LogP contribution < -0.4 is 22.7 Å². The van der Waals surface area contributed by atoms with E-state index in [-0.39, 0.29) is 43.6 Å². The molecule has 0 amide bonds. The standard InChI is InChI=1S/C10H5BrFN5O3.C9H7BrFN5O2/c11-5-3-4(1-2-6(5)12)17-9(16-19-10(17)18)7-8(13)15-20-14-7;10-5-3-4(1-2-6(5)11)13-9(14-17)7-8(12)16-18-15-7/h1-3H,(H2,13,15);1-3,17H,(H2,12,16)(H,13,14). The molecule has 38 heavy (non-hydrogen) atoms. The van der Waals surface area contributed by atoms with E-state index in [1.807, 2.05) is 5.48 Å². The van der Waals surface area contributed by atoms with Gasteiger partial charge in [0.05, 0.1) is 20.3 Å². The molecule has 0 atom stereocenters. The smallest absolute Gasteiger partial charge is 0.379 e. The number of anilines is 2. The molecule has 0 saturated heterocycles. The largest absolute Gasteiger partial charge is 0.446 e. The number of hydrogen-bond acceptors (Lipinski definition) is 13. The maximum Gasteiger partial charge on any atom is 0.446 e. The monoisotopic (exact) mass is 656 g/mol. The Bertz CT molecular complexity index is 1680. The Balaban J connectivity index is 0.000000178. The minimum atomic E-state index is -0.777. The Hall–Kier alpha value is -4.49. The van der Waals surface area contributed by atoms with Crippen LogP contribution in [0.1, 0.15) is 5.69 Å². The van der Waals surface area contributed by atoms with Gasteiger partial charge in [-0.05, 0) is 88.9 Å². The molecule has 0 bridgehead atoms. The van der Waals surface area contributed by atoms with Crippen LogP contribution in [0.2, 0.25) is 0 Å². The van der Waals surface area contributed by atoms with Crippen LogP contribution in [0.3, 0.4) is 0 Å². The van der Waals surface area contributed by atoms with E-state index in [2.05, 4.69) is 76.4 Å². The number of hydrogen-bond donors (Lipinski definition) is 4. The highest BCUT2D eigenvalue weighted by atomic mass is 79.9. The molecule has 2 aromatic carbocycles. The van der Waals surface area contributed by atoms with Crippen molar-refractivity contribution in [2.75, 3.05) is 11.5 Å². The van der Waals surface area contributed by atoms with E-state index < -0.39 is 17.4 Å². The molecule has 0 saturated carbocycles. The van der Waals surface area contributed by atoms with E-state index >= 15 is 0 Å². The second-order valence-corrected chi connectivity index (χ2v) is 8.58. The number of amidine groups is 1. The third-order valence-electron chi connectivity index (χ3n) is 4.48. The molecule has 0 radical (unpaired) electrons. The normalized spacial score (nSPS) is 11.2. The highest BCUT2D eigenvalue weighted by molar-refractivity contribution is 9.10. The summed E-state index contributed by atoms with van der Waals surface area (Å²) in [7, 11) is 0. The molecule has 0 spiro atoms. The Morgan fingerprint density at radius 1 is 0.947 bits per heavy atom. The molecule has 0 aliphatic heterocycles. The minimum absolute atomic E-state index is 0.00672. The van der Waals surface area contributed by atoms with Gasteiger partial charge in [-0.3, -0.25) is 15.2 Å². The quantitative estimate of drug-likeness (QED) is 0.124. The second kappa shape index (κ2) is 11.3. The van der Waals surface area contributed by atoms with Crippen LogP contribution in [0.15, 0.2) is 68.9 Å². The van der Waals surface area contributed by atoms with E-state index in [1.165, 1.54) is 36.4 Å². The number of aliphatic imine (C=N–C) groups is 1. The predicted octanol–water partition coefficient (Wildman–Crippen LogP) is 2.97. The van der Waals surface area contributed by atoms with E-state index in [0.717, 1.165) is 4.57 Å². The van der Waals surface area contributed by atoms with Crippen LogP contribution in [0.5, 0.6) is 0 Å². The summed E-state index contributed by atoms with van der Waals surface area (Å²) in [5, 5.41) is 26.3. The summed E-state index contributed by atoms with van der Waals surface area (Å²) in [6.45, 7) is 0. The number of benzene rings is 2. The fourth-order valence-electron chi connectivity index (χ4n) is 2.78. The average Bonchev–Trinajstić information content (AvgIpc) is 3.61. The topological polar surface area (TPSA) is 223 Å². The Morgan fingerprint density at radius 3 is 2.18 bits per heavy atom. The van der Waals surface area contributed by atoms with Gasteiger partial charge in [-0.2, -0.15) is 0 Å². The van der Waals surface area contributed by atoms with Crippen molar-refractivity contribution in [3.63, 3.8) is 0 Å².